The molecular formula is C12H20O4. The van der Waals surface area contributed by atoms with E-state index in [1.807, 2.05) is 27.7 Å². The van der Waals surface area contributed by atoms with Crippen molar-refractivity contribution in [1.82, 2.24) is 0 Å². The molecule has 0 bridgehead atoms. The van der Waals surface area contributed by atoms with Crippen LogP contribution in [0.25, 0.3) is 0 Å². The van der Waals surface area contributed by atoms with Crippen LogP contribution in [0.2, 0.25) is 0 Å². The maximum atomic E-state index is 11.7. The molecule has 0 N–H and O–H groups in total. The van der Waals surface area contributed by atoms with Crippen molar-refractivity contribution in [3.05, 3.63) is 0 Å². The van der Waals surface area contributed by atoms with Crippen LogP contribution in [-0.2, 0) is 19.1 Å². The van der Waals surface area contributed by atoms with Gasteiger partial charge in [-0.1, -0.05) is 6.92 Å². The third kappa shape index (κ3) is 3.51. The molecular weight excluding hydrogens is 208 g/mol. The fourth-order valence-corrected chi connectivity index (χ4v) is 1.57. The molecule has 2 unspecified atom stereocenters. The summed E-state index contributed by atoms with van der Waals surface area (Å²) in [6.07, 6.45) is 0.731. The minimum absolute atomic E-state index is 0.133. The van der Waals surface area contributed by atoms with Crippen LogP contribution in [0.1, 0.15) is 41.0 Å². The Kier molecular flexibility index (Phi) is 3.31. The van der Waals surface area contributed by atoms with Gasteiger partial charge in [0.1, 0.15) is 5.60 Å². The molecule has 0 aromatic heterocycles. The topological polar surface area (TPSA) is 52.6 Å². The Hall–Kier alpha value is -1.06. The van der Waals surface area contributed by atoms with Gasteiger partial charge in [0, 0.05) is 12.3 Å². The molecule has 0 saturated heterocycles. The summed E-state index contributed by atoms with van der Waals surface area (Å²) in [7, 11) is 0. The summed E-state index contributed by atoms with van der Waals surface area (Å²) in [4.78, 5) is 22.4. The van der Waals surface area contributed by atoms with E-state index in [0.29, 0.717) is 6.61 Å². The molecule has 0 aromatic carbocycles. The standard InChI is InChI=1S/C12H20O4/c1-8(13)15-7-12(5)6-9(12)10(14)16-11(2,3)4/h9H,6-7H2,1-5H3. The summed E-state index contributed by atoms with van der Waals surface area (Å²) in [6.45, 7) is 9.13. The normalized spacial score (nSPS) is 28.4. The van der Waals surface area contributed by atoms with E-state index in [2.05, 4.69) is 0 Å². The fraction of sp³-hybridized carbons (Fsp3) is 0.833. The van der Waals surface area contributed by atoms with Gasteiger partial charge in [0.15, 0.2) is 0 Å². The SMILES string of the molecule is CC(=O)OCC1(C)CC1C(=O)OC(C)(C)C. The maximum absolute atomic E-state index is 11.7. The number of rotatable bonds is 3. The van der Waals surface area contributed by atoms with Gasteiger partial charge in [0.25, 0.3) is 0 Å². The first-order valence-electron chi connectivity index (χ1n) is 5.50. The van der Waals surface area contributed by atoms with E-state index in [1.54, 1.807) is 0 Å². The summed E-state index contributed by atoms with van der Waals surface area (Å²) >= 11 is 0. The van der Waals surface area contributed by atoms with E-state index in [9.17, 15) is 9.59 Å². The fourth-order valence-electron chi connectivity index (χ4n) is 1.57. The van der Waals surface area contributed by atoms with Crippen molar-refractivity contribution < 1.29 is 19.1 Å². The molecule has 0 heterocycles. The van der Waals surface area contributed by atoms with Crippen LogP contribution in [0.5, 0.6) is 0 Å². The van der Waals surface area contributed by atoms with Crippen molar-refractivity contribution in [2.75, 3.05) is 6.61 Å². The number of carbonyl (C=O) groups is 2. The first kappa shape index (κ1) is 13.0. The van der Waals surface area contributed by atoms with Crippen molar-refractivity contribution in [3.8, 4) is 0 Å². The van der Waals surface area contributed by atoms with Gasteiger partial charge in [-0.05, 0) is 27.2 Å². The number of carbonyl (C=O) groups excluding carboxylic acids is 2. The molecule has 0 spiro atoms. The predicted molar refractivity (Wildman–Crippen MR) is 58.7 cm³/mol. The molecule has 1 aliphatic carbocycles. The Morgan fingerprint density at radius 3 is 2.38 bits per heavy atom. The van der Waals surface area contributed by atoms with Gasteiger partial charge in [-0.15, -0.1) is 0 Å². The predicted octanol–water partition coefficient (Wildman–Crippen LogP) is 1.92. The minimum Gasteiger partial charge on any atom is -0.465 e. The van der Waals surface area contributed by atoms with Gasteiger partial charge < -0.3 is 9.47 Å². The smallest absolute Gasteiger partial charge is 0.310 e. The summed E-state index contributed by atoms with van der Waals surface area (Å²) < 4.78 is 10.2. The van der Waals surface area contributed by atoms with Gasteiger partial charge in [0.2, 0.25) is 0 Å². The molecule has 1 saturated carbocycles. The minimum atomic E-state index is -0.456. The van der Waals surface area contributed by atoms with Gasteiger partial charge in [-0.2, -0.15) is 0 Å². The van der Waals surface area contributed by atoms with Gasteiger partial charge in [-0.25, -0.2) is 0 Å². The lowest BCUT2D eigenvalue weighted by Crippen LogP contribution is -2.27. The van der Waals surface area contributed by atoms with Crippen molar-refractivity contribution in [1.29, 1.82) is 0 Å². The Labute approximate surface area is 96.3 Å². The molecule has 2 atom stereocenters. The number of hydrogen-bond acceptors (Lipinski definition) is 4. The Bertz CT molecular complexity index is 303. The van der Waals surface area contributed by atoms with E-state index < -0.39 is 5.60 Å². The van der Waals surface area contributed by atoms with E-state index in [-0.39, 0.29) is 23.3 Å². The Morgan fingerprint density at radius 1 is 1.38 bits per heavy atom. The second-order valence-corrected chi connectivity index (χ2v) is 5.72. The molecule has 0 amide bonds. The van der Waals surface area contributed by atoms with Crippen molar-refractivity contribution in [2.24, 2.45) is 11.3 Å². The zero-order valence-electron chi connectivity index (χ0n) is 10.6. The highest BCUT2D eigenvalue weighted by Crippen LogP contribution is 2.53. The van der Waals surface area contributed by atoms with Crippen LogP contribution >= 0.6 is 0 Å². The van der Waals surface area contributed by atoms with Crippen LogP contribution < -0.4 is 0 Å². The molecule has 0 aliphatic heterocycles. The maximum Gasteiger partial charge on any atom is 0.310 e. The van der Waals surface area contributed by atoms with Gasteiger partial charge in [-0.3, -0.25) is 9.59 Å². The highest BCUT2D eigenvalue weighted by atomic mass is 16.6. The van der Waals surface area contributed by atoms with Crippen LogP contribution in [0.15, 0.2) is 0 Å². The molecule has 0 aromatic rings. The zero-order chi connectivity index (χ0) is 12.6. The largest absolute Gasteiger partial charge is 0.465 e. The quantitative estimate of drug-likeness (QED) is 0.692. The second kappa shape index (κ2) is 4.07. The van der Waals surface area contributed by atoms with E-state index >= 15 is 0 Å². The Morgan fingerprint density at radius 2 is 1.94 bits per heavy atom. The van der Waals surface area contributed by atoms with Gasteiger partial charge in [0.05, 0.1) is 12.5 Å². The lowest BCUT2D eigenvalue weighted by Gasteiger charge is -2.20. The lowest BCUT2D eigenvalue weighted by molar-refractivity contribution is -0.158. The summed E-state index contributed by atoms with van der Waals surface area (Å²) in [5.41, 5.74) is -0.685. The van der Waals surface area contributed by atoms with Crippen LogP contribution in [0.4, 0.5) is 0 Å². The summed E-state index contributed by atoms with van der Waals surface area (Å²) in [5, 5.41) is 0. The Balaban J connectivity index is 2.42. The highest BCUT2D eigenvalue weighted by Gasteiger charge is 2.56. The zero-order valence-corrected chi connectivity index (χ0v) is 10.6. The molecule has 4 nitrogen and oxygen atoms in total. The molecule has 4 heteroatoms. The number of ether oxygens (including phenoxy) is 2. The highest BCUT2D eigenvalue weighted by molar-refractivity contribution is 5.77. The first-order chi connectivity index (χ1) is 7.14. The van der Waals surface area contributed by atoms with Crippen molar-refractivity contribution >= 4 is 11.9 Å². The summed E-state index contributed by atoms with van der Waals surface area (Å²) in [5.74, 6) is -0.635. The van der Waals surface area contributed by atoms with E-state index in [0.717, 1.165) is 6.42 Å². The molecule has 1 aliphatic rings. The number of hydrogen-bond donors (Lipinski definition) is 0. The third-order valence-corrected chi connectivity index (χ3v) is 2.65. The molecule has 92 valence electrons. The molecule has 0 radical (unpaired) electrons. The van der Waals surface area contributed by atoms with E-state index in [1.165, 1.54) is 6.92 Å². The summed E-state index contributed by atoms with van der Waals surface area (Å²) in [6, 6.07) is 0. The van der Waals surface area contributed by atoms with E-state index in [4.69, 9.17) is 9.47 Å². The molecule has 16 heavy (non-hydrogen) atoms. The number of esters is 2. The van der Waals surface area contributed by atoms with Crippen LogP contribution in [0.3, 0.4) is 0 Å². The third-order valence-electron chi connectivity index (χ3n) is 2.65. The van der Waals surface area contributed by atoms with Gasteiger partial charge >= 0.3 is 11.9 Å². The van der Waals surface area contributed by atoms with Crippen molar-refractivity contribution in [3.63, 3.8) is 0 Å². The molecule has 1 rings (SSSR count). The van der Waals surface area contributed by atoms with Crippen molar-refractivity contribution in [2.45, 2.75) is 46.6 Å². The lowest BCUT2D eigenvalue weighted by atomic mass is 10.1. The second-order valence-electron chi connectivity index (χ2n) is 5.72. The molecule has 1 fully saturated rings. The average molecular weight is 228 g/mol. The first-order valence-corrected chi connectivity index (χ1v) is 5.50. The van der Waals surface area contributed by atoms with Crippen LogP contribution in [-0.4, -0.2) is 24.1 Å². The van der Waals surface area contributed by atoms with Crippen LogP contribution in [0, 0.1) is 11.3 Å². The monoisotopic (exact) mass is 228 g/mol. The average Bonchev–Trinajstić information content (AvgIpc) is 2.73.